The van der Waals surface area contributed by atoms with Gasteiger partial charge in [-0.2, -0.15) is 0 Å². The van der Waals surface area contributed by atoms with Gasteiger partial charge in [0.2, 0.25) is 0 Å². The van der Waals surface area contributed by atoms with Gasteiger partial charge in [-0.3, -0.25) is 9.59 Å². The van der Waals surface area contributed by atoms with Crippen LogP contribution in [-0.4, -0.2) is 11.9 Å². The molecular weight excluding hydrogens is 372 g/mol. The average Bonchev–Trinajstić information content (AvgIpc) is 3.19. The third kappa shape index (κ3) is 5.21. The van der Waals surface area contributed by atoms with Gasteiger partial charge in [0.05, 0.1) is 11.3 Å². The van der Waals surface area contributed by atoms with Crippen molar-refractivity contribution in [1.82, 2.24) is 0 Å². The fourth-order valence-electron chi connectivity index (χ4n) is 2.36. The van der Waals surface area contributed by atoms with Crippen molar-refractivity contribution in [2.45, 2.75) is 12.8 Å². The standard InChI is InChI=1S/C20H15F2NO3S/c21-14-4-9-17(22)13(12-14)3-10-19(24)26-16-7-5-15(6-8-16)23-20(25)18-2-1-11-27-18/h1-2,4-9,11-12H,3,10H2,(H,23,25). The molecule has 0 aliphatic heterocycles. The number of ether oxygens (including phenoxy) is 1. The molecule has 0 radical (unpaired) electrons. The number of hydrogen-bond acceptors (Lipinski definition) is 4. The zero-order valence-electron chi connectivity index (χ0n) is 14.1. The van der Waals surface area contributed by atoms with Crippen molar-refractivity contribution in [1.29, 1.82) is 0 Å². The van der Waals surface area contributed by atoms with E-state index < -0.39 is 17.6 Å². The summed E-state index contributed by atoms with van der Waals surface area (Å²) >= 11 is 1.34. The molecule has 0 fully saturated rings. The predicted molar refractivity (Wildman–Crippen MR) is 99.0 cm³/mol. The summed E-state index contributed by atoms with van der Waals surface area (Å²) in [6.45, 7) is 0. The third-order valence-electron chi connectivity index (χ3n) is 3.70. The summed E-state index contributed by atoms with van der Waals surface area (Å²) in [5.74, 6) is -1.59. The van der Waals surface area contributed by atoms with Gasteiger partial charge in [-0.25, -0.2) is 8.78 Å². The van der Waals surface area contributed by atoms with E-state index in [2.05, 4.69) is 5.32 Å². The van der Waals surface area contributed by atoms with Crippen LogP contribution in [0.1, 0.15) is 21.7 Å². The Kier molecular flexibility index (Phi) is 5.93. The second-order valence-corrected chi connectivity index (χ2v) is 6.61. The van der Waals surface area contributed by atoms with Gasteiger partial charge in [0, 0.05) is 5.69 Å². The molecule has 3 rings (SSSR count). The van der Waals surface area contributed by atoms with Crippen molar-refractivity contribution < 1.29 is 23.1 Å². The number of aryl methyl sites for hydroxylation is 1. The Morgan fingerprint density at radius 3 is 2.52 bits per heavy atom. The van der Waals surface area contributed by atoms with E-state index in [-0.39, 0.29) is 24.3 Å². The van der Waals surface area contributed by atoms with E-state index in [9.17, 15) is 18.4 Å². The van der Waals surface area contributed by atoms with Crippen LogP contribution in [0.15, 0.2) is 60.0 Å². The minimum absolute atomic E-state index is 0.0391. The molecule has 27 heavy (non-hydrogen) atoms. The molecule has 0 saturated heterocycles. The van der Waals surface area contributed by atoms with Crippen LogP contribution in [0.25, 0.3) is 0 Å². The van der Waals surface area contributed by atoms with E-state index in [1.165, 1.54) is 11.3 Å². The zero-order valence-corrected chi connectivity index (χ0v) is 14.9. The molecule has 0 atom stereocenters. The monoisotopic (exact) mass is 387 g/mol. The van der Waals surface area contributed by atoms with Crippen LogP contribution < -0.4 is 10.1 Å². The van der Waals surface area contributed by atoms with E-state index in [4.69, 9.17) is 4.74 Å². The quantitative estimate of drug-likeness (QED) is 0.487. The van der Waals surface area contributed by atoms with Gasteiger partial charge in [-0.1, -0.05) is 6.07 Å². The first-order valence-corrected chi connectivity index (χ1v) is 8.99. The Morgan fingerprint density at radius 2 is 1.81 bits per heavy atom. The van der Waals surface area contributed by atoms with Crippen LogP contribution in [0.3, 0.4) is 0 Å². The highest BCUT2D eigenvalue weighted by Crippen LogP contribution is 2.19. The largest absolute Gasteiger partial charge is 0.427 e. The number of thiophene rings is 1. The fraction of sp³-hybridized carbons (Fsp3) is 0.100. The number of anilines is 1. The van der Waals surface area contributed by atoms with Gasteiger partial charge < -0.3 is 10.1 Å². The molecule has 1 amide bonds. The number of carbonyl (C=O) groups is 2. The zero-order chi connectivity index (χ0) is 19.2. The lowest BCUT2D eigenvalue weighted by atomic mass is 10.1. The number of rotatable bonds is 6. The Bertz CT molecular complexity index is 940. The van der Waals surface area contributed by atoms with Crippen LogP contribution in [0.4, 0.5) is 14.5 Å². The minimum Gasteiger partial charge on any atom is -0.427 e. The third-order valence-corrected chi connectivity index (χ3v) is 4.56. The summed E-state index contributed by atoms with van der Waals surface area (Å²) in [5, 5.41) is 4.55. The topological polar surface area (TPSA) is 55.4 Å². The maximum Gasteiger partial charge on any atom is 0.311 e. The fourth-order valence-corrected chi connectivity index (χ4v) is 2.98. The lowest BCUT2D eigenvalue weighted by Crippen LogP contribution is -2.11. The SMILES string of the molecule is O=C(CCc1cc(F)ccc1F)Oc1ccc(NC(=O)c2cccs2)cc1. The van der Waals surface area contributed by atoms with Crippen molar-refractivity contribution in [3.05, 3.63) is 82.1 Å². The van der Waals surface area contributed by atoms with Crippen LogP contribution >= 0.6 is 11.3 Å². The van der Waals surface area contributed by atoms with Crippen molar-refractivity contribution in [2.75, 3.05) is 5.32 Å². The van der Waals surface area contributed by atoms with Crippen molar-refractivity contribution >= 4 is 28.9 Å². The number of amides is 1. The highest BCUT2D eigenvalue weighted by Gasteiger charge is 2.10. The van der Waals surface area contributed by atoms with E-state index in [1.54, 1.807) is 36.4 Å². The van der Waals surface area contributed by atoms with E-state index in [1.807, 2.05) is 5.38 Å². The maximum atomic E-state index is 13.5. The lowest BCUT2D eigenvalue weighted by Gasteiger charge is -2.07. The van der Waals surface area contributed by atoms with E-state index in [0.717, 1.165) is 18.2 Å². The van der Waals surface area contributed by atoms with Gasteiger partial charge >= 0.3 is 5.97 Å². The summed E-state index contributed by atoms with van der Waals surface area (Å²) in [4.78, 5) is 24.5. The van der Waals surface area contributed by atoms with Gasteiger partial charge in [-0.05, 0) is 65.9 Å². The van der Waals surface area contributed by atoms with Crippen LogP contribution in [-0.2, 0) is 11.2 Å². The first-order chi connectivity index (χ1) is 13.0. The molecule has 1 N–H and O–H groups in total. The van der Waals surface area contributed by atoms with Gasteiger partial charge in [0.25, 0.3) is 5.91 Å². The molecule has 138 valence electrons. The molecule has 4 nitrogen and oxygen atoms in total. The molecule has 0 aliphatic carbocycles. The van der Waals surface area contributed by atoms with E-state index >= 15 is 0 Å². The van der Waals surface area contributed by atoms with Crippen LogP contribution in [0.5, 0.6) is 5.75 Å². The van der Waals surface area contributed by atoms with Gasteiger partial charge in [0.15, 0.2) is 0 Å². The smallest absolute Gasteiger partial charge is 0.311 e. The average molecular weight is 387 g/mol. The normalized spacial score (nSPS) is 10.4. The first kappa shape index (κ1) is 18.7. The molecule has 1 heterocycles. The highest BCUT2D eigenvalue weighted by molar-refractivity contribution is 7.12. The second kappa shape index (κ2) is 8.55. The number of nitrogens with one attached hydrogen (secondary N) is 1. The molecular formula is C20H15F2NO3S. The Morgan fingerprint density at radius 1 is 1.04 bits per heavy atom. The molecule has 7 heteroatoms. The Balaban J connectivity index is 1.52. The second-order valence-electron chi connectivity index (χ2n) is 5.67. The molecule has 3 aromatic rings. The van der Waals surface area contributed by atoms with Gasteiger partial charge in [-0.15, -0.1) is 11.3 Å². The molecule has 0 saturated carbocycles. The molecule has 0 aliphatic rings. The number of hydrogen-bond donors (Lipinski definition) is 1. The van der Waals surface area contributed by atoms with Crippen molar-refractivity contribution in [2.24, 2.45) is 0 Å². The van der Waals surface area contributed by atoms with Crippen LogP contribution in [0, 0.1) is 11.6 Å². The summed E-state index contributed by atoms with van der Waals surface area (Å²) in [6, 6.07) is 12.9. The summed E-state index contributed by atoms with van der Waals surface area (Å²) in [5.41, 5.74) is 0.689. The molecule has 0 spiro atoms. The number of esters is 1. The van der Waals surface area contributed by atoms with Crippen LogP contribution in [0.2, 0.25) is 0 Å². The maximum absolute atomic E-state index is 13.5. The number of halogens is 2. The highest BCUT2D eigenvalue weighted by atomic mass is 32.1. The summed E-state index contributed by atoms with van der Waals surface area (Å²) < 4.78 is 31.8. The summed E-state index contributed by atoms with van der Waals surface area (Å²) in [7, 11) is 0. The lowest BCUT2D eigenvalue weighted by molar-refractivity contribution is -0.134. The molecule has 1 aromatic heterocycles. The summed E-state index contributed by atoms with van der Waals surface area (Å²) in [6.07, 6.45) is -0.0470. The molecule has 0 unspecified atom stereocenters. The first-order valence-electron chi connectivity index (χ1n) is 8.11. The Labute approximate surface area is 158 Å². The van der Waals surface area contributed by atoms with Crippen molar-refractivity contribution in [3.63, 3.8) is 0 Å². The minimum atomic E-state index is -0.561. The molecule has 0 bridgehead atoms. The van der Waals surface area contributed by atoms with E-state index in [0.29, 0.717) is 16.3 Å². The van der Waals surface area contributed by atoms with Crippen molar-refractivity contribution in [3.8, 4) is 5.75 Å². The van der Waals surface area contributed by atoms with Gasteiger partial charge in [0.1, 0.15) is 17.4 Å². The molecule has 2 aromatic carbocycles. The Hall–Kier alpha value is -3.06. The number of benzene rings is 2. The predicted octanol–water partition coefficient (Wildman–Crippen LogP) is 4.82. The number of carbonyl (C=O) groups excluding carboxylic acids is 2.